The largest absolute Gasteiger partial charge is 0.459 e. The SMILES string of the molecule is Cn1nc(C(F)(F)C(F)(F)F)c(C(F)(F)F)c1-c1cnc(-c2ccc(Cl)c(C(=O)NC3CC3)c2)n1C. The molecule has 194 valence electrons. The van der Waals surface area contributed by atoms with Gasteiger partial charge in [-0.25, -0.2) is 4.98 Å². The Morgan fingerprint density at radius 1 is 1.08 bits per heavy atom. The third kappa shape index (κ3) is 4.42. The molecule has 0 bridgehead atoms. The van der Waals surface area contributed by atoms with Gasteiger partial charge in [-0.05, 0) is 31.0 Å². The van der Waals surface area contributed by atoms with E-state index in [0.717, 1.165) is 30.7 Å². The van der Waals surface area contributed by atoms with Crippen molar-refractivity contribution in [3.63, 3.8) is 0 Å². The number of nitrogens with one attached hydrogen (secondary N) is 1. The van der Waals surface area contributed by atoms with Crippen LogP contribution in [-0.2, 0) is 26.2 Å². The first-order valence-electron chi connectivity index (χ1n) is 10.3. The fourth-order valence-corrected chi connectivity index (χ4v) is 3.87. The fraction of sp³-hybridized carbons (Fsp3) is 0.381. The summed E-state index contributed by atoms with van der Waals surface area (Å²) >= 11 is 6.11. The molecule has 3 aromatic rings. The molecule has 1 aromatic carbocycles. The van der Waals surface area contributed by atoms with Crippen LogP contribution in [0.2, 0.25) is 5.02 Å². The summed E-state index contributed by atoms with van der Waals surface area (Å²) < 4.78 is 110. The minimum absolute atomic E-state index is 0.000551. The number of carbonyl (C=O) groups is 1. The molecule has 0 radical (unpaired) electrons. The van der Waals surface area contributed by atoms with Crippen molar-refractivity contribution >= 4 is 17.5 Å². The maximum Gasteiger partial charge on any atom is 0.459 e. The number of nitrogens with zero attached hydrogens (tertiary/aromatic N) is 4. The smallest absolute Gasteiger partial charge is 0.349 e. The zero-order chi connectivity index (χ0) is 26.8. The number of hydrogen-bond acceptors (Lipinski definition) is 3. The number of imidazole rings is 1. The number of halogens is 9. The van der Waals surface area contributed by atoms with Crippen LogP contribution in [-0.4, -0.2) is 37.5 Å². The van der Waals surface area contributed by atoms with Gasteiger partial charge in [0.15, 0.2) is 5.69 Å². The third-order valence-corrected chi connectivity index (χ3v) is 5.93. The van der Waals surface area contributed by atoms with Crippen LogP contribution < -0.4 is 5.32 Å². The maximum atomic E-state index is 14.0. The van der Waals surface area contributed by atoms with Crippen molar-refractivity contribution in [3.05, 3.63) is 46.2 Å². The lowest BCUT2D eigenvalue weighted by molar-refractivity contribution is -0.292. The number of hydrogen-bond donors (Lipinski definition) is 1. The van der Waals surface area contributed by atoms with Crippen LogP contribution in [0.1, 0.15) is 34.5 Å². The van der Waals surface area contributed by atoms with Crippen molar-refractivity contribution in [2.24, 2.45) is 14.1 Å². The van der Waals surface area contributed by atoms with Crippen molar-refractivity contribution < 1.29 is 39.9 Å². The van der Waals surface area contributed by atoms with Gasteiger partial charge in [0.05, 0.1) is 28.2 Å². The number of alkyl halides is 8. The molecule has 15 heteroatoms. The lowest BCUT2D eigenvalue weighted by atomic mass is 10.1. The molecule has 1 aliphatic carbocycles. The van der Waals surface area contributed by atoms with Gasteiger partial charge in [0.25, 0.3) is 5.91 Å². The predicted octanol–water partition coefficient (Wildman–Crippen LogP) is 5.71. The van der Waals surface area contributed by atoms with E-state index in [9.17, 15) is 39.9 Å². The molecule has 2 aromatic heterocycles. The first-order valence-corrected chi connectivity index (χ1v) is 10.6. The van der Waals surface area contributed by atoms with Gasteiger partial charge in [0.2, 0.25) is 0 Å². The highest BCUT2D eigenvalue weighted by molar-refractivity contribution is 6.34. The van der Waals surface area contributed by atoms with E-state index in [0.29, 0.717) is 4.68 Å². The minimum atomic E-state index is -6.31. The second-order valence-corrected chi connectivity index (χ2v) is 8.64. The lowest BCUT2D eigenvalue weighted by Crippen LogP contribution is -2.36. The second-order valence-electron chi connectivity index (χ2n) is 8.23. The number of rotatable bonds is 5. The summed E-state index contributed by atoms with van der Waals surface area (Å²) in [6.07, 6.45) is -9.40. The monoisotopic (exact) mass is 541 g/mol. The van der Waals surface area contributed by atoms with E-state index in [2.05, 4.69) is 15.4 Å². The molecule has 1 N–H and O–H groups in total. The van der Waals surface area contributed by atoms with Crippen LogP contribution in [0.15, 0.2) is 24.4 Å². The molecular formula is C21H16ClF8N5O. The Bertz CT molecular complexity index is 1340. The van der Waals surface area contributed by atoms with E-state index in [-0.39, 0.29) is 28.0 Å². The molecular weight excluding hydrogens is 526 g/mol. The normalized spacial score (nSPS) is 14.9. The van der Waals surface area contributed by atoms with E-state index >= 15 is 0 Å². The van der Waals surface area contributed by atoms with Gasteiger partial charge < -0.3 is 9.88 Å². The van der Waals surface area contributed by atoms with Gasteiger partial charge in [-0.3, -0.25) is 9.48 Å². The number of carbonyl (C=O) groups excluding carboxylic acids is 1. The van der Waals surface area contributed by atoms with Crippen LogP contribution in [0.5, 0.6) is 0 Å². The summed E-state index contributed by atoms with van der Waals surface area (Å²) in [6, 6.07) is 4.18. The second kappa shape index (κ2) is 8.46. The molecule has 1 fully saturated rings. The van der Waals surface area contributed by atoms with E-state index in [1.54, 1.807) is 0 Å². The highest BCUT2D eigenvalue weighted by Crippen LogP contribution is 2.50. The van der Waals surface area contributed by atoms with E-state index in [4.69, 9.17) is 11.6 Å². The Morgan fingerprint density at radius 3 is 2.28 bits per heavy atom. The Morgan fingerprint density at radius 2 is 1.72 bits per heavy atom. The van der Waals surface area contributed by atoms with Gasteiger partial charge in [0.1, 0.15) is 11.4 Å². The van der Waals surface area contributed by atoms with Crippen LogP contribution in [0.4, 0.5) is 35.1 Å². The average molecular weight is 542 g/mol. The van der Waals surface area contributed by atoms with Crippen molar-refractivity contribution in [1.29, 1.82) is 0 Å². The fourth-order valence-electron chi connectivity index (χ4n) is 3.67. The molecule has 36 heavy (non-hydrogen) atoms. The van der Waals surface area contributed by atoms with Gasteiger partial charge in [-0.15, -0.1) is 0 Å². The first kappa shape index (κ1) is 25.9. The summed E-state index contributed by atoms with van der Waals surface area (Å²) in [7, 11) is 2.06. The summed E-state index contributed by atoms with van der Waals surface area (Å²) in [5.74, 6) is -6.33. The predicted molar refractivity (Wildman–Crippen MR) is 111 cm³/mol. The van der Waals surface area contributed by atoms with Crippen LogP contribution >= 0.6 is 11.6 Å². The molecule has 0 unspecified atom stereocenters. The molecule has 4 rings (SSSR count). The minimum Gasteiger partial charge on any atom is -0.349 e. The molecule has 2 heterocycles. The van der Waals surface area contributed by atoms with Gasteiger partial charge in [-0.2, -0.15) is 40.2 Å². The first-order chi connectivity index (χ1) is 16.5. The molecule has 0 atom stereocenters. The average Bonchev–Trinajstić information content (AvgIpc) is 3.37. The summed E-state index contributed by atoms with van der Waals surface area (Å²) in [6.45, 7) is 0. The summed E-state index contributed by atoms with van der Waals surface area (Å²) in [4.78, 5) is 16.5. The Labute approximate surface area is 202 Å². The molecule has 0 spiro atoms. The zero-order valence-electron chi connectivity index (χ0n) is 18.4. The molecule has 6 nitrogen and oxygen atoms in total. The van der Waals surface area contributed by atoms with Crippen LogP contribution in [0, 0.1) is 0 Å². The van der Waals surface area contributed by atoms with Gasteiger partial charge >= 0.3 is 18.3 Å². The van der Waals surface area contributed by atoms with Crippen molar-refractivity contribution in [1.82, 2.24) is 24.6 Å². The van der Waals surface area contributed by atoms with E-state index in [1.807, 2.05) is 0 Å². The van der Waals surface area contributed by atoms with Crippen molar-refractivity contribution in [2.45, 2.75) is 37.2 Å². The Hall–Kier alpha value is -3.16. The van der Waals surface area contributed by atoms with E-state index in [1.165, 1.54) is 25.2 Å². The third-order valence-electron chi connectivity index (χ3n) is 5.60. The quantitative estimate of drug-likeness (QED) is 0.421. The number of aromatic nitrogens is 4. The van der Waals surface area contributed by atoms with Crippen molar-refractivity contribution in [3.8, 4) is 22.8 Å². The summed E-state index contributed by atoms with van der Waals surface area (Å²) in [5.41, 5.74) is -5.85. The Kier molecular flexibility index (Phi) is 6.09. The molecule has 0 saturated heterocycles. The lowest BCUT2D eigenvalue weighted by Gasteiger charge is -2.20. The molecule has 1 aliphatic rings. The number of aryl methyl sites for hydroxylation is 1. The zero-order valence-corrected chi connectivity index (χ0v) is 19.2. The molecule has 0 aliphatic heterocycles. The van der Waals surface area contributed by atoms with Crippen molar-refractivity contribution in [2.75, 3.05) is 0 Å². The highest BCUT2D eigenvalue weighted by atomic mass is 35.5. The Balaban J connectivity index is 1.84. The number of amides is 1. The standard InChI is InChI=1S/C21H16ClF8N5O/c1-34-13(15-14(20(25,26)27)16(33-35(15)2)19(23,24)21(28,29)30)8-31-17(34)9-3-6-12(22)11(7-9)18(36)32-10-4-5-10/h3,6-8,10H,4-5H2,1-2H3,(H,32,36). The van der Waals surface area contributed by atoms with Crippen LogP contribution in [0.25, 0.3) is 22.8 Å². The molecule has 1 saturated carbocycles. The summed E-state index contributed by atoms with van der Waals surface area (Å²) in [5, 5.41) is 5.77. The number of benzene rings is 1. The molecule has 1 amide bonds. The van der Waals surface area contributed by atoms with Gasteiger partial charge in [0, 0.05) is 25.7 Å². The maximum absolute atomic E-state index is 14.0. The van der Waals surface area contributed by atoms with Gasteiger partial charge in [-0.1, -0.05) is 11.6 Å². The van der Waals surface area contributed by atoms with Crippen LogP contribution in [0.3, 0.4) is 0 Å². The van der Waals surface area contributed by atoms with E-state index < -0.39 is 46.8 Å². The topological polar surface area (TPSA) is 64.7 Å². The highest BCUT2D eigenvalue weighted by Gasteiger charge is 2.64.